The van der Waals surface area contributed by atoms with Crippen molar-refractivity contribution < 1.29 is 19.4 Å². The number of hydrogen-bond acceptors (Lipinski definition) is 5. The van der Waals surface area contributed by atoms with E-state index in [0.717, 1.165) is 0 Å². The van der Waals surface area contributed by atoms with Crippen molar-refractivity contribution in [3.05, 3.63) is 23.9 Å². The molecule has 1 fully saturated rings. The molecule has 0 aromatic carbocycles. The highest BCUT2D eigenvalue weighted by Gasteiger charge is 2.36. The minimum absolute atomic E-state index is 0.141. The first-order valence-corrected chi connectivity index (χ1v) is 6.08. The normalized spacial score (nSPS) is 22.3. The summed E-state index contributed by atoms with van der Waals surface area (Å²) < 4.78 is 4.66. The van der Waals surface area contributed by atoms with Gasteiger partial charge in [-0.3, -0.25) is 4.79 Å². The van der Waals surface area contributed by atoms with Gasteiger partial charge < -0.3 is 14.7 Å². The van der Waals surface area contributed by atoms with Gasteiger partial charge in [0.15, 0.2) is 0 Å². The van der Waals surface area contributed by atoms with Gasteiger partial charge in [-0.25, -0.2) is 9.78 Å². The van der Waals surface area contributed by atoms with Crippen LogP contribution in [0.15, 0.2) is 18.3 Å². The predicted octanol–water partition coefficient (Wildman–Crippen LogP) is 1.17. The number of esters is 1. The Morgan fingerprint density at radius 1 is 1.53 bits per heavy atom. The number of carboxylic acids is 1. The maximum absolute atomic E-state index is 11.5. The van der Waals surface area contributed by atoms with Gasteiger partial charge in [-0.1, -0.05) is 0 Å². The maximum Gasteiger partial charge on any atom is 0.338 e. The van der Waals surface area contributed by atoms with Crippen LogP contribution in [-0.2, 0) is 9.53 Å². The van der Waals surface area contributed by atoms with E-state index in [2.05, 4.69) is 9.72 Å². The lowest BCUT2D eigenvalue weighted by atomic mass is 10.0. The molecular weight excluding hydrogens is 248 g/mol. The third-order valence-electron chi connectivity index (χ3n) is 3.53. The first kappa shape index (κ1) is 13.3. The minimum atomic E-state index is -0.792. The lowest BCUT2D eigenvalue weighted by Crippen LogP contribution is -2.33. The molecule has 102 valence electrons. The Kier molecular flexibility index (Phi) is 3.69. The van der Waals surface area contributed by atoms with E-state index in [0.29, 0.717) is 24.3 Å². The van der Waals surface area contributed by atoms with Gasteiger partial charge in [-0.2, -0.15) is 0 Å². The minimum Gasteiger partial charge on any atom is -0.481 e. The Hall–Kier alpha value is -2.11. The molecule has 6 nitrogen and oxygen atoms in total. The topological polar surface area (TPSA) is 79.7 Å². The first-order chi connectivity index (χ1) is 9.04. The summed E-state index contributed by atoms with van der Waals surface area (Å²) in [5, 5.41) is 9.11. The van der Waals surface area contributed by atoms with Gasteiger partial charge in [0.1, 0.15) is 5.82 Å². The molecule has 0 bridgehead atoms. The van der Waals surface area contributed by atoms with Gasteiger partial charge in [0.25, 0.3) is 0 Å². The van der Waals surface area contributed by atoms with E-state index in [-0.39, 0.29) is 6.04 Å². The molecule has 0 aliphatic carbocycles. The van der Waals surface area contributed by atoms with Crippen LogP contribution in [0.25, 0.3) is 0 Å². The second-order valence-electron chi connectivity index (χ2n) is 4.56. The van der Waals surface area contributed by atoms with Crippen LogP contribution in [0.2, 0.25) is 0 Å². The van der Waals surface area contributed by atoms with Crippen LogP contribution in [0, 0.1) is 5.92 Å². The average Bonchev–Trinajstić information content (AvgIpc) is 2.80. The molecule has 6 heteroatoms. The lowest BCUT2D eigenvalue weighted by molar-refractivity contribution is -0.141. The molecule has 0 spiro atoms. The third kappa shape index (κ3) is 2.52. The van der Waals surface area contributed by atoms with Crippen molar-refractivity contribution in [3.8, 4) is 0 Å². The van der Waals surface area contributed by atoms with E-state index in [4.69, 9.17) is 5.11 Å². The Labute approximate surface area is 111 Å². The van der Waals surface area contributed by atoms with Crippen LogP contribution in [0.4, 0.5) is 5.82 Å². The van der Waals surface area contributed by atoms with Crippen LogP contribution < -0.4 is 4.90 Å². The number of aromatic nitrogens is 1. The molecule has 1 aromatic heterocycles. The summed E-state index contributed by atoms with van der Waals surface area (Å²) in [4.78, 5) is 28.7. The number of aliphatic carboxylic acids is 1. The lowest BCUT2D eigenvalue weighted by Gasteiger charge is -2.24. The second-order valence-corrected chi connectivity index (χ2v) is 4.56. The zero-order chi connectivity index (χ0) is 14.0. The number of nitrogens with zero attached hydrogens (tertiary/aromatic N) is 2. The smallest absolute Gasteiger partial charge is 0.338 e. The molecule has 0 radical (unpaired) electrons. The quantitative estimate of drug-likeness (QED) is 0.825. The number of hydrogen-bond donors (Lipinski definition) is 1. The average molecular weight is 264 g/mol. The highest BCUT2D eigenvalue weighted by atomic mass is 16.5. The summed E-state index contributed by atoms with van der Waals surface area (Å²) in [6.45, 7) is 2.48. The monoisotopic (exact) mass is 264 g/mol. The molecule has 1 saturated heterocycles. The molecule has 1 aliphatic heterocycles. The molecule has 0 amide bonds. The van der Waals surface area contributed by atoms with E-state index < -0.39 is 17.9 Å². The molecule has 1 aromatic rings. The zero-order valence-electron chi connectivity index (χ0n) is 10.9. The molecule has 2 heterocycles. The molecule has 0 saturated carbocycles. The SMILES string of the molecule is COC(=O)c1ccnc(N2CCC(C(=O)O)C2C)c1. The van der Waals surface area contributed by atoms with E-state index in [1.807, 2.05) is 11.8 Å². The zero-order valence-corrected chi connectivity index (χ0v) is 10.9. The van der Waals surface area contributed by atoms with E-state index in [1.165, 1.54) is 13.3 Å². The predicted molar refractivity (Wildman–Crippen MR) is 68.1 cm³/mol. The number of carbonyl (C=O) groups excluding carboxylic acids is 1. The van der Waals surface area contributed by atoms with Crippen molar-refractivity contribution in [3.63, 3.8) is 0 Å². The Morgan fingerprint density at radius 2 is 2.26 bits per heavy atom. The van der Waals surface area contributed by atoms with E-state index in [1.54, 1.807) is 12.1 Å². The second kappa shape index (κ2) is 5.26. The number of carbonyl (C=O) groups is 2. The summed E-state index contributed by atoms with van der Waals surface area (Å²) in [6.07, 6.45) is 2.11. The van der Waals surface area contributed by atoms with Crippen LogP contribution >= 0.6 is 0 Å². The van der Waals surface area contributed by atoms with Gasteiger partial charge in [-0.15, -0.1) is 0 Å². The number of rotatable bonds is 3. The van der Waals surface area contributed by atoms with Crippen molar-refractivity contribution in [2.24, 2.45) is 5.92 Å². The maximum atomic E-state index is 11.5. The van der Waals surface area contributed by atoms with Gasteiger partial charge in [0, 0.05) is 18.8 Å². The van der Waals surface area contributed by atoms with Crippen molar-refractivity contribution >= 4 is 17.8 Å². The first-order valence-electron chi connectivity index (χ1n) is 6.08. The highest BCUT2D eigenvalue weighted by molar-refractivity contribution is 5.90. The van der Waals surface area contributed by atoms with Crippen LogP contribution in [0.5, 0.6) is 0 Å². The number of carboxylic acid groups (broad SMARTS) is 1. The van der Waals surface area contributed by atoms with Gasteiger partial charge in [0.05, 0.1) is 18.6 Å². The molecule has 1 aliphatic rings. The number of ether oxygens (including phenoxy) is 1. The third-order valence-corrected chi connectivity index (χ3v) is 3.53. The summed E-state index contributed by atoms with van der Waals surface area (Å²) in [7, 11) is 1.32. The number of pyridine rings is 1. The Morgan fingerprint density at radius 3 is 2.84 bits per heavy atom. The fourth-order valence-corrected chi connectivity index (χ4v) is 2.41. The molecule has 2 atom stereocenters. The summed E-state index contributed by atoms with van der Waals surface area (Å²) in [5.41, 5.74) is 0.415. The largest absolute Gasteiger partial charge is 0.481 e. The number of anilines is 1. The molecule has 2 unspecified atom stereocenters. The molecule has 1 N–H and O–H groups in total. The summed E-state index contributed by atoms with van der Waals surface area (Å²) in [5.74, 6) is -1.01. The standard InChI is InChI=1S/C13H16N2O4/c1-8-10(12(16)17)4-6-15(8)11-7-9(3-5-14-11)13(18)19-2/h3,5,7-8,10H,4,6H2,1-2H3,(H,16,17). The van der Waals surface area contributed by atoms with Gasteiger partial charge in [-0.05, 0) is 25.5 Å². The molecular formula is C13H16N2O4. The van der Waals surface area contributed by atoms with Crippen molar-refractivity contribution in [1.82, 2.24) is 4.98 Å². The van der Waals surface area contributed by atoms with Gasteiger partial charge >= 0.3 is 11.9 Å². The van der Waals surface area contributed by atoms with Crippen molar-refractivity contribution in [1.29, 1.82) is 0 Å². The van der Waals surface area contributed by atoms with Crippen LogP contribution in [-0.4, -0.2) is 41.7 Å². The van der Waals surface area contributed by atoms with Crippen molar-refractivity contribution in [2.75, 3.05) is 18.6 Å². The summed E-state index contributed by atoms with van der Waals surface area (Å²) in [6, 6.07) is 3.06. The van der Waals surface area contributed by atoms with Gasteiger partial charge in [0.2, 0.25) is 0 Å². The van der Waals surface area contributed by atoms with E-state index >= 15 is 0 Å². The van der Waals surface area contributed by atoms with E-state index in [9.17, 15) is 9.59 Å². The fraction of sp³-hybridized carbons (Fsp3) is 0.462. The van der Waals surface area contributed by atoms with Crippen LogP contribution in [0.1, 0.15) is 23.7 Å². The summed E-state index contributed by atoms with van der Waals surface area (Å²) >= 11 is 0. The number of methoxy groups -OCH3 is 1. The van der Waals surface area contributed by atoms with Crippen molar-refractivity contribution in [2.45, 2.75) is 19.4 Å². The molecule has 2 rings (SSSR count). The molecule has 19 heavy (non-hydrogen) atoms. The van der Waals surface area contributed by atoms with Crippen LogP contribution in [0.3, 0.4) is 0 Å². The fourth-order valence-electron chi connectivity index (χ4n) is 2.41. The Bertz CT molecular complexity index is 503. The highest BCUT2D eigenvalue weighted by Crippen LogP contribution is 2.29. The Balaban J connectivity index is 2.23.